The number of carbonyl (C=O) groups excluding carboxylic acids is 1. The molecule has 0 radical (unpaired) electrons. The van der Waals surface area contributed by atoms with Crippen molar-refractivity contribution in [3.63, 3.8) is 0 Å². The lowest BCUT2D eigenvalue weighted by Crippen LogP contribution is -2.29. The predicted octanol–water partition coefficient (Wildman–Crippen LogP) is 4.47. The molecule has 0 spiro atoms. The molecule has 5 nitrogen and oxygen atoms in total. The second-order valence-electron chi connectivity index (χ2n) is 5.90. The molecular weight excluding hydrogens is 358 g/mol. The van der Waals surface area contributed by atoms with E-state index in [1.54, 1.807) is 11.9 Å². The third-order valence-electron chi connectivity index (χ3n) is 3.99. The molecule has 6 heteroatoms. The van der Waals surface area contributed by atoms with Crippen LogP contribution in [-0.2, 0) is 4.79 Å². The van der Waals surface area contributed by atoms with Gasteiger partial charge in [-0.1, -0.05) is 72.4 Å². The third-order valence-corrected chi connectivity index (χ3v) is 4.81. The minimum Gasteiger partial charge on any atom is -0.431 e. The Morgan fingerprint density at radius 3 is 2.37 bits per heavy atom. The number of oxazole rings is 1. The summed E-state index contributed by atoms with van der Waals surface area (Å²) >= 11 is 1.26. The van der Waals surface area contributed by atoms with Crippen molar-refractivity contribution in [3.05, 3.63) is 60.7 Å². The minimum atomic E-state index is -0.0593. The molecule has 0 aliphatic heterocycles. The summed E-state index contributed by atoms with van der Waals surface area (Å²) in [6.07, 6.45) is 0.322. The van der Waals surface area contributed by atoms with Crippen LogP contribution in [0, 0.1) is 11.3 Å². The highest BCUT2D eigenvalue weighted by Crippen LogP contribution is 2.35. The second-order valence-corrected chi connectivity index (χ2v) is 6.83. The van der Waals surface area contributed by atoms with Crippen molar-refractivity contribution < 1.29 is 9.21 Å². The highest BCUT2D eigenvalue weighted by molar-refractivity contribution is 7.99. The van der Waals surface area contributed by atoms with Crippen molar-refractivity contribution in [3.8, 4) is 28.7 Å². The molecule has 0 fully saturated rings. The van der Waals surface area contributed by atoms with Crippen LogP contribution in [-0.4, -0.2) is 35.1 Å². The van der Waals surface area contributed by atoms with Crippen LogP contribution in [0.25, 0.3) is 22.6 Å². The molecular formula is C21H19N3O2S. The Kier molecular flexibility index (Phi) is 6.29. The highest BCUT2D eigenvalue weighted by atomic mass is 32.2. The van der Waals surface area contributed by atoms with Crippen molar-refractivity contribution in [2.75, 3.05) is 19.3 Å². The van der Waals surface area contributed by atoms with Crippen LogP contribution in [0.15, 0.2) is 70.3 Å². The van der Waals surface area contributed by atoms with Crippen LogP contribution in [0.5, 0.6) is 0 Å². The number of thioether (sulfide) groups is 1. The van der Waals surface area contributed by atoms with Gasteiger partial charge in [0.2, 0.25) is 5.91 Å². The average Bonchev–Trinajstić information content (AvgIpc) is 3.16. The first-order chi connectivity index (χ1) is 13.2. The minimum absolute atomic E-state index is 0.0593. The van der Waals surface area contributed by atoms with Gasteiger partial charge >= 0.3 is 0 Å². The lowest BCUT2D eigenvalue weighted by Gasteiger charge is -2.14. The predicted molar refractivity (Wildman–Crippen MR) is 106 cm³/mol. The first-order valence-electron chi connectivity index (χ1n) is 8.54. The summed E-state index contributed by atoms with van der Waals surface area (Å²) in [7, 11) is 1.70. The second kappa shape index (κ2) is 9.06. The fourth-order valence-corrected chi connectivity index (χ4v) is 3.28. The number of nitriles is 1. The van der Waals surface area contributed by atoms with E-state index in [9.17, 15) is 4.79 Å². The first-order valence-corrected chi connectivity index (χ1v) is 9.53. The van der Waals surface area contributed by atoms with Crippen molar-refractivity contribution in [1.82, 2.24) is 9.88 Å². The third kappa shape index (κ3) is 4.78. The van der Waals surface area contributed by atoms with Gasteiger partial charge in [0, 0.05) is 24.7 Å². The van der Waals surface area contributed by atoms with E-state index < -0.39 is 0 Å². The summed E-state index contributed by atoms with van der Waals surface area (Å²) in [4.78, 5) is 18.4. The van der Waals surface area contributed by atoms with Crippen LogP contribution in [0.4, 0.5) is 0 Å². The number of hydrogen-bond donors (Lipinski definition) is 0. The fraction of sp³-hybridized carbons (Fsp3) is 0.190. The largest absolute Gasteiger partial charge is 0.431 e. The van der Waals surface area contributed by atoms with Crippen LogP contribution < -0.4 is 0 Å². The van der Waals surface area contributed by atoms with Gasteiger partial charge in [0.15, 0.2) is 5.76 Å². The summed E-state index contributed by atoms with van der Waals surface area (Å²) < 4.78 is 6.00. The quantitative estimate of drug-likeness (QED) is 0.568. The smallest absolute Gasteiger partial charge is 0.257 e. The van der Waals surface area contributed by atoms with Crippen LogP contribution in [0.3, 0.4) is 0 Å². The first kappa shape index (κ1) is 18.7. The van der Waals surface area contributed by atoms with E-state index in [0.29, 0.717) is 23.9 Å². The van der Waals surface area contributed by atoms with Gasteiger partial charge < -0.3 is 9.32 Å². The van der Waals surface area contributed by atoms with E-state index in [1.165, 1.54) is 11.8 Å². The normalized spacial score (nSPS) is 10.4. The number of aromatic nitrogens is 1. The molecule has 0 bridgehead atoms. The highest BCUT2D eigenvalue weighted by Gasteiger charge is 2.18. The number of carbonyl (C=O) groups is 1. The Balaban J connectivity index is 1.82. The van der Waals surface area contributed by atoms with E-state index in [1.807, 2.05) is 66.7 Å². The molecule has 0 saturated carbocycles. The Hall–Kier alpha value is -3.04. The molecule has 1 amide bonds. The summed E-state index contributed by atoms with van der Waals surface area (Å²) in [6.45, 7) is 0.423. The van der Waals surface area contributed by atoms with E-state index in [4.69, 9.17) is 9.68 Å². The van der Waals surface area contributed by atoms with Gasteiger partial charge in [-0.25, -0.2) is 4.98 Å². The Morgan fingerprint density at radius 2 is 1.74 bits per heavy atom. The average molecular weight is 377 g/mol. The molecule has 3 aromatic rings. The van der Waals surface area contributed by atoms with Crippen molar-refractivity contribution in [2.45, 2.75) is 11.6 Å². The van der Waals surface area contributed by atoms with Gasteiger partial charge in [0.05, 0.1) is 18.2 Å². The lowest BCUT2D eigenvalue weighted by molar-refractivity contribution is -0.127. The molecule has 27 heavy (non-hydrogen) atoms. The zero-order valence-corrected chi connectivity index (χ0v) is 15.8. The lowest BCUT2D eigenvalue weighted by atomic mass is 10.1. The van der Waals surface area contributed by atoms with Crippen molar-refractivity contribution in [1.29, 1.82) is 5.26 Å². The fourth-order valence-electron chi connectivity index (χ4n) is 2.52. The zero-order chi connectivity index (χ0) is 19.1. The van der Waals surface area contributed by atoms with Gasteiger partial charge in [-0.2, -0.15) is 5.26 Å². The summed E-state index contributed by atoms with van der Waals surface area (Å²) in [6, 6.07) is 21.7. The van der Waals surface area contributed by atoms with Gasteiger partial charge in [0.1, 0.15) is 5.69 Å². The van der Waals surface area contributed by atoms with E-state index in [-0.39, 0.29) is 11.7 Å². The molecule has 2 aromatic carbocycles. The molecule has 1 aromatic heterocycles. The molecule has 0 saturated heterocycles. The summed E-state index contributed by atoms with van der Waals surface area (Å²) in [5, 5.41) is 9.09. The molecule has 0 aliphatic carbocycles. The molecule has 3 rings (SSSR count). The number of hydrogen-bond acceptors (Lipinski definition) is 5. The number of nitrogens with zero attached hydrogens (tertiary/aromatic N) is 3. The molecule has 1 heterocycles. The summed E-state index contributed by atoms with van der Waals surface area (Å²) in [5.41, 5.74) is 2.66. The molecule has 136 valence electrons. The molecule has 0 aliphatic rings. The maximum Gasteiger partial charge on any atom is 0.257 e. The molecule has 0 atom stereocenters. The Morgan fingerprint density at radius 1 is 1.11 bits per heavy atom. The Labute approximate surface area is 162 Å². The van der Waals surface area contributed by atoms with E-state index >= 15 is 0 Å². The number of benzene rings is 2. The zero-order valence-electron chi connectivity index (χ0n) is 15.0. The standard InChI is InChI=1S/C21H19N3O2S/c1-24(14-8-13-22)18(25)15-27-21-23-19(16-9-4-2-5-10-16)20(26-21)17-11-6-3-7-12-17/h2-7,9-12H,8,14-15H2,1H3. The maximum absolute atomic E-state index is 12.2. The summed E-state index contributed by atoms with van der Waals surface area (Å²) in [5.74, 6) is 0.843. The van der Waals surface area contributed by atoms with Crippen LogP contribution in [0.2, 0.25) is 0 Å². The number of amides is 1. The topological polar surface area (TPSA) is 70.1 Å². The molecule has 0 N–H and O–H groups in total. The van der Waals surface area contributed by atoms with Gasteiger partial charge in [-0.15, -0.1) is 0 Å². The molecule has 0 unspecified atom stereocenters. The van der Waals surface area contributed by atoms with Gasteiger partial charge in [-0.3, -0.25) is 4.79 Å². The van der Waals surface area contributed by atoms with Gasteiger partial charge in [0.25, 0.3) is 5.22 Å². The SMILES string of the molecule is CN(CCC#N)C(=O)CSc1nc(-c2ccccc2)c(-c2ccccc2)o1. The van der Waals surface area contributed by atoms with E-state index in [0.717, 1.165) is 16.8 Å². The van der Waals surface area contributed by atoms with Crippen LogP contribution >= 0.6 is 11.8 Å². The van der Waals surface area contributed by atoms with Gasteiger partial charge in [-0.05, 0) is 0 Å². The Bertz CT molecular complexity index is 876. The van der Waals surface area contributed by atoms with Crippen LogP contribution in [0.1, 0.15) is 6.42 Å². The van der Waals surface area contributed by atoms with E-state index in [2.05, 4.69) is 4.98 Å². The van der Waals surface area contributed by atoms with Crippen molar-refractivity contribution in [2.24, 2.45) is 0 Å². The monoisotopic (exact) mass is 377 g/mol. The van der Waals surface area contributed by atoms with Crippen molar-refractivity contribution >= 4 is 17.7 Å². The number of rotatable bonds is 7. The maximum atomic E-state index is 12.2.